The van der Waals surface area contributed by atoms with Crippen LogP contribution in [0.4, 0.5) is 5.69 Å². The van der Waals surface area contributed by atoms with E-state index in [4.69, 9.17) is 4.74 Å². The van der Waals surface area contributed by atoms with Crippen LogP contribution in [-0.4, -0.2) is 31.0 Å². The van der Waals surface area contributed by atoms with Gasteiger partial charge in [-0.25, -0.2) is 0 Å². The number of hydrogen-bond acceptors (Lipinski definition) is 5. The van der Waals surface area contributed by atoms with E-state index < -0.39 is 4.92 Å². The maximum absolute atomic E-state index is 11.1. The number of nitrogens with zero attached hydrogens (tertiary/aromatic N) is 1. The number of nitro benzene ring substituents is 1. The smallest absolute Gasteiger partial charge is 0.312 e. The van der Waals surface area contributed by atoms with Crippen LogP contribution < -0.4 is 4.74 Å². The molecule has 0 aromatic heterocycles. The lowest BCUT2D eigenvalue weighted by Crippen LogP contribution is -2.16. The van der Waals surface area contributed by atoms with Crippen LogP contribution in [0.25, 0.3) is 0 Å². The van der Waals surface area contributed by atoms with E-state index >= 15 is 0 Å². The lowest BCUT2D eigenvalue weighted by Gasteiger charge is -2.05. The van der Waals surface area contributed by atoms with E-state index in [1.54, 1.807) is 6.07 Å². The minimum absolute atomic E-state index is 0.0580. The average Bonchev–Trinajstić information content (AvgIpc) is 2.27. The minimum Gasteiger partial charge on any atom is -0.479 e. The number of ether oxygens (including phenoxy) is 2. The molecular weight excluding hydrogens is 294 g/mol. The third-order valence-corrected chi connectivity index (χ3v) is 2.30. The molecule has 0 fully saturated rings. The van der Waals surface area contributed by atoms with Crippen molar-refractivity contribution < 1.29 is 19.2 Å². The molecule has 0 saturated carbocycles. The number of carbonyl (C=O) groups excluding carboxylic acids is 1. The minimum atomic E-state index is -0.569. The van der Waals surface area contributed by atoms with E-state index in [0.29, 0.717) is 4.47 Å². The van der Waals surface area contributed by atoms with Gasteiger partial charge in [0, 0.05) is 17.6 Å². The summed E-state index contributed by atoms with van der Waals surface area (Å²) in [6, 6.07) is 4.35. The molecule has 0 unspecified atom stereocenters. The standard InChI is InChI=1S/C10H10BrNO5/c1-16-5-8(13)6-17-10-3-2-7(11)4-9(10)12(14)15/h2-4H,5-6H2,1H3. The molecule has 0 aliphatic carbocycles. The highest BCUT2D eigenvalue weighted by Gasteiger charge is 2.16. The molecule has 0 radical (unpaired) electrons. The molecular formula is C10H10BrNO5. The number of rotatable bonds is 6. The highest BCUT2D eigenvalue weighted by molar-refractivity contribution is 9.10. The zero-order valence-corrected chi connectivity index (χ0v) is 10.6. The second kappa shape index (κ2) is 6.31. The van der Waals surface area contributed by atoms with Crippen molar-refractivity contribution in [2.75, 3.05) is 20.3 Å². The van der Waals surface area contributed by atoms with Gasteiger partial charge in [-0.15, -0.1) is 0 Å². The van der Waals surface area contributed by atoms with Crippen molar-refractivity contribution in [2.24, 2.45) is 0 Å². The molecule has 7 heteroatoms. The first-order valence-electron chi connectivity index (χ1n) is 4.62. The van der Waals surface area contributed by atoms with Gasteiger partial charge in [-0.2, -0.15) is 0 Å². The van der Waals surface area contributed by atoms with Crippen molar-refractivity contribution in [2.45, 2.75) is 0 Å². The number of ketones is 1. The molecule has 1 rings (SSSR count). The number of methoxy groups -OCH3 is 1. The molecule has 0 bridgehead atoms. The van der Waals surface area contributed by atoms with Gasteiger partial charge in [0.05, 0.1) is 4.92 Å². The van der Waals surface area contributed by atoms with Gasteiger partial charge in [0.1, 0.15) is 13.2 Å². The second-order valence-electron chi connectivity index (χ2n) is 3.13. The predicted octanol–water partition coefficient (Wildman–Crippen LogP) is 1.95. The molecule has 0 amide bonds. The maximum Gasteiger partial charge on any atom is 0.312 e. The van der Waals surface area contributed by atoms with Gasteiger partial charge in [0.2, 0.25) is 0 Å². The van der Waals surface area contributed by atoms with Crippen LogP contribution in [0.3, 0.4) is 0 Å². The van der Waals surface area contributed by atoms with Crippen molar-refractivity contribution >= 4 is 27.4 Å². The Morgan fingerprint density at radius 3 is 2.76 bits per heavy atom. The molecule has 0 heterocycles. The molecule has 1 aromatic rings. The Morgan fingerprint density at radius 1 is 1.47 bits per heavy atom. The summed E-state index contributed by atoms with van der Waals surface area (Å²) in [7, 11) is 1.39. The van der Waals surface area contributed by atoms with Crippen molar-refractivity contribution in [3.05, 3.63) is 32.8 Å². The lowest BCUT2D eigenvalue weighted by atomic mass is 10.3. The fraction of sp³-hybridized carbons (Fsp3) is 0.300. The Hall–Kier alpha value is -1.47. The lowest BCUT2D eigenvalue weighted by molar-refractivity contribution is -0.385. The van der Waals surface area contributed by atoms with Crippen LogP contribution in [0.2, 0.25) is 0 Å². The Labute approximate surface area is 106 Å². The first-order valence-corrected chi connectivity index (χ1v) is 5.41. The van der Waals surface area contributed by atoms with Crippen LogP contribution in [0.1, 0.15) is 0 Å². The maximum atomic E-state index is 11.1. The number of halogens is 1. The van der Waals surface area contributed by atoms with E-state index in [-0.39, 0.29) is 30.4 Å². The predicted molar refractivity (Wildman–Crippen MR) is 63.2 cm³/mol. The zero-order valence-electron chi connectivity index (χ0n) is 9.01. The van der Waals surface area contributed by atoms with Gasteiger partial charge in [-0.1, -0.05) is 15.9 Å². The van der Waals surface area contributed by atoms with Gasteiger partial charge in [-0.05, 0) is 12.1 Å². The summed E-state index contributed by atoms with van der Waals surface area (Å²) in [5.74, 6) is -0.229. The van der Waals surface area contributed by atoms with Crippen LogP contribution in [0.15, 0.2) is 22.7 Å². The molecule has 0 spiro atoms. The third-order valence-electron chi connectivity index (χ3n) is 1.81. The van der Waals surface area contributed by atoms with Crippen molar-refractivity contribution in [1.82, 2.24) is 0 Å². The number of benzene rings is 1. The van der Waals surface area contributed by atoms with E-state index in [1.807, 2.05) is 0 Å². The summed E-state index contributed by atoms with van der Waals surface area (Å²) < 4.78 is 10.3. The Balaban J connectivity index is 2.77. The van der Waals surface area contributed by atoms with Crippen LogP contribution in [-0.2, 0) is 9.53 Å². The summed E-state index contributed by atoms with van der Waals surface area (Å²) in [5, 5.41) is 10.7. The number of hydrogen-bond donors (Lipinski definition) is 0. The molecule has 1 aromatic carbocycles. The molecule has 0 N–H and O–H groups in total. The fourth-order valence-electron chi connectivity index (χ4n) is 1.12. The van der Waals surface area contributed by atoms with Gasteiger partial charge < -0.3 is 9.47 Å². The molecule has 92 valence electrons. The summed E-state index contributed by atoms with van der Waals surface area (Å²) in [6.07, 6.45) is 0. The van der Waals surface area contributed by atoms with Gasteiger partial charge >= 0.3 is 5.69 Å². The molecule has 0 atom stereocenters. The number of carbonyl (C=O) groups is 1. The van der Waals surface area contributed by atoms with Gasteiger partial charge in [-0.3, -0.25) is 14.9 Å². The largest absolute Gasteiger partial charge is 0.479 e. The number of nitro groups is 1. The van der Waals surface area contributed by atoms with Crippen LogP contribution in [0.5, 0.6) is 5.75 Å². The SMILES string of the molecule is COCC(=O)COc1ccc(Br)cc1[N+](=O)[O-]. The molecule has 0 saturated heterocycles. The zero-order chi connectivity index (χ0) is 12.8. The van der Waals surface area contributed by atoms with Crippen molar-refractivity contribution in [1.29, 1.82) is 0 Å². The molecule has 0 aliphatic heterocycles. The second-order valence-corrected chi connectivity index (χ2v) is 4.05. The van der Waals surface area contributed by atoms with E-state index in [0.717, 1.165) is 0 Å². The molecule has 6 nitrogen and oxygen atoms in total. The van der Waals surface area contributed by atoms with Crippen LogP contribution in [0, 0.1) is 10.1 Å². The van der Waals surface area contributed by atoms with E-state index in [9.17, 15) is 14.9 Å². The van der Waals surface area contributed by atoms with Gasteiger partial charge in [0.15, 0.2) is 11.5 Å². The van der Waals surface area contributed by atoms with Crippen molar-refractivity contribution in [3.8, 4) is 5.75 Å². The van der Waals surface area contributed by atoms with Crippen molar-refractivity contribution in [3.63, 3.8) is 0 Å². The quantitative estimate of drug-likeness (QED) is 0.593. The summed E-state index contributed by atoms with van der Waals surface area (Å²) in [4.78, 5) is 21.3. The first-order chi connectivity index (χ1) is 8.04. The highest BCUT2D eigenvalue weighted by Crippen LogP contribution is 2.29. The topological polar surface area (TPSA) is 78.7 Å². The Bertz CT molecular complexity index is 435. The summed E-state index contributed by atoms with van der Waals surface area (Å²) >= 11 is 3.12. The highest BCUT2D eigenvalue weighted by atomic mass is 79.9. The summed E-state index contributed by atoms with van der Waals surface area (Å²) in [5.41, 5.74) is -0.190. The average molecular weight is 304 g/mol. The molecule has 0 aliphatic rings. The van der Waals surface area contributed by atoms with Crippen LogP contribution >= 0.6 is 15.9 Å². The van der Waals surface area contributed by atoms with Gasteiger partial charge in [0.25, 0.3) is 0 Å². The monoisotopic (exact) mass is 303 g/mol. The van der Waals surface area contributed by atoms with E-state index in [2.05, 4.69) is 20.7 Å². The fourth-order valence-corrected chi connectivity index (χ4v) is 1.47. The summed E-state index contributed by atoms with van der Waals surface area (Å²) in [6.45, 7) is -0.333. The molecule has 17 heavy (non-hydrogen) atoms. The normalized spacial score (nSPS) is 10.0. The third kappa shape index (κ3) is 4.12. The Kier molecular flexibility index (Phi) is 5.05. The first kappa shape index (κ1) is 13.6. The number of Topliss-reactive ketones (excluding diaryl/α,β-unsaturated/α-hetero) is 1. The van der Waals surface area contributed by atoms with E-state index in [1.165, 1.54) is 19.2 Å². The Morgan fingerprint density at radius 2 is 2.18 bits per heavy atom.